The summed E-state index contributed by atoms with van der Waals surface area (Å²) in [7, 11) is -7.40. The van der Waals surface area contributed by atoms with E-state index in [2.05, 4.69) is 5.32 Å². The molecule has 2 aromatic rings. The van der Waals surface area contributed by atoms with Crippen LogP contribution in [-0.4, -0.2) is 83.9 Å². The van der Waals surface area contributed by atoms with E-state index in [1.165, 1.54) is 32.9 Å². The Balaban J connectivity index is 1.24. The molecule has 2 aliphatic rings. The molecule has 0 radical (unpaired) electrons. The first-order chi connectivity index (χ1) is 17.7. The first kappa shape index (κ1) is 27.5. The molecule has 1 atom stereocenters. The van der Waals surface area contributed by atoms with Crippen molar-refractivity contribution >= 4 is 26.0 Å². The second-order valence-electron chi connectivity index (χ2n) is 8.78. The Morgan fingerprint density at radius 3 is 2.16 bits per heavy atom. The number of ether oxygens (including phenoxy) is 2. The van der Waals surface area contributed by atoms with Crippen molar-refractivity contribution < 1.29 is 35.5 Å². The first-order valence-corrected chi connectivity index (χ1v) is 14.9. The van der Waals surface area contributed by atoms with Gasteiger partial charge in [-0.1, -0.05) is 0 Å². The molecule has 0 saturated carbocycles. The highest BCUT2D eigenvalue weighted by molar-refractivity contribution is 7.89. The van der Waals surface area contributed by atoms with Crippen LogP contribution in [0.4, 0.5) is 4.39 Å². The fourth-order valence-electron chi connectivity index (χ4n) is 4.26. The summed E-state index contributed by atoms with van der Waals surface area (Å²) in [6.45, 7) is 2.08. The third kappa shape index (κ3) is 6.65. The molecule has 37 heavy (non-hydrogen) atoms. The number of rotatable bonds is 9. The molecule has 2 saturated heterocycles. The lowest BCUT2D eigenvalue weighted by Gasteiger charge is -2.31. The second-order valence-corrected chi connectivity index (χ2v) is 12.7. The quantitative estimate of drug-likeness (QED) is 0.465. The van der Waals surface area contributed by atoms with E-state index in [4.69, 9.17) is 9.47 Å². The maximum atomic E-state index is 13.2. The molecule has 0 aliphatic carbocycles. The molecule has 202 valence electrons. The monoisotopic (exact) mass is 555 g/mol. The zero-order valence-corrected chi connectivity index (χ0v) is 21.8. The van der Waals surface area contributed by atoms with Gasteiger partial charge in [0, 0.05) is 26.2 Å². The molecule has 13 heteroatoms. The highest BCUT2D eigenvalue weighted by atomic mass is 32.2. The van der Waals surface area contributed by atoms with Gasteiger partial charge in [0.2, 0.25) is 26.0 Å². The Hall–Kier alpha value is -2.58. The number of morpholine rings is 1. The van der Waals surface area contributed by atoms with Gasteiger partial charge < -0.3 is 14.8 Å². The van der Waals surface area contributed by atoms with Crippen molar-refractivity contribution in [2.24, 2.45) is 5.92 Å². The highest BCUT2D eigenvalue weighted by Gasteiger charge is 2.33. The van der Waals surface area contributed by atoms with Crippen LogP contribution in [0.3, 0.4) is 0 Å². The number of hydrogen-bond donors (Lipinski definition) is 1. The number of nitrogens with one attached hydrogen (secondary N) is 1. The summed E-state index contributed by atoms with van der Waals surface area (Å²) in [4.78, 5) is 12.8. The molecular weight excluding hydrogens is 525 g/mol. The summed E-state index contributed by atoms with van der Waals surface area (Å²) in [5.74, 6) is -0.835. The maximum Gasteiger partial charge on any atom is 0.243 e. The standard InChI is InChI=1S/C24H30FN3O7S2/c25-20-3-7-22(8-4-20)37(32,33)28-12-1-2-19(18-28)24(29)26-11-15-35-21-5-9-23(10-6-21)36(30,31)27-13-16-34-17-14-27/h3-10,19H,1-2,11-18H2,(H,26,29)/t19-/m0/s1. The van der Waals surface area contributed by atoms with Crippen LogP contribution in [0.5, 0.6) is 5.75 Å². The van der Waals surface area contributed by atoms with Crippen molar-refractivity contribution in [1.82, 2.24) is 13.9 Å². The highest BCUT2D eigenvalue weighted by Crippen LogP contribution is 2.24. The van der Waals surface area contributed by atoms with Gasteiger partial charge in [0.1, 0.15) is 18.2 Å². The Morgan fingerprint density at radius 1 is 0.919 bits per heavy atom. The molecule has 1 N–H and O–H groups in total. The number of sulfonamides is 2. The predicted molar refractivity (Wildman–Crippen MR) is 132 cm³/mol. The number of carbonyl (C=O) groups excluding carboxylic acids is 1. The van der Waals surface area contributed by atoms with E-state index in [0.29, 0.717) is 51.4 Å². The molecule has 2 aliphatic heterocycles. The van der Waals surface area contributed by atoms with E-state index in [0.717, 1.165) is 12.1 Å². The topological polar surface area (TPSA) is 122 Å². The number of amides is 1. The molecule has 1 amide bonds. The number of halogens is 1. The minimum Gasteiger partial charge on any atom is -0.492 e. The van der Waals surface area contributed by atoms with Crippen LogP contribution >= 0.6 is 0 Å². The van der Waals surface area contributed by atoms with Gasteiger partial charge in [0.25, 0.3) is 0 Å². The Morgan fingerprint density at radius 2 is 1.51 bits per heavy atom. The van der Waals surface area contributed by atoms with Gasteiger partial charge in [-0.3, -0.25) is 4.79 Å². The van der Waals surface area contributed by atoms with Crippen molar-refractivity contribution in [3.63, 3.8) is 0 Å². The van der Waals surface area contributed by atoms with E-state index < -0.39 is 31.8 Å². The van der Waals surface area contributed by atoms with Gasteiger partial charge in [-0.2, -0.15) is 8.61 Å². The predicted octanol–water partition coefficient (Wildman–Crippen LogP) is 1.44. The van der Waals surface area contributed by atoms with Crippen LogP contribution in [0.2, 0.25) is 0 Å². The lowest BCUT2D eigenvalue weighted by Crippen LogP contribution is -2.45. The summed E-state index contributed by atoms with van der Waals surface area (Å²) >= 11 is 0. The number of piperidine rings is 1. The van der Waals surface area contributed by atoms with Gasteiger partial charge in [-0.25, -0.2) is 21.2 Å². The normalized spacial score (nSPS) is 19.9. The van der Waals surface area contributed by atoms with Crippen LogP contribution in [0.25, 0.3) is 0 Å². The molecule has 4 rings (SSSR count). The maximum absolute atomic E-state index is 13.2. The minimum absolute atomic E-state index is 0.00729. The average Bonchev–Trinajstić information content (AvgIpc) is 2.92. The van der Waals surface area contributed by atoms with Gasteiger partial charge >= 0.3 is 0 Å². The van der Waals surface area contributed by atoms with E-state index >= 15 is 0 Å². The lowest BCUT2D eigenvalue weighted by atomic mass is 9.99. The van der Waals surface area contributed by atoms with Gasteiger partial charge in [-0.15, -0.1) is 0 Å². The summed E-state index contributed by atoms with van der Waals surface area (Å²) in [6.07, 6.45) is 1.09. The van der Waals surface area contributed by atoms with Crippen LogP contribution in [0.1, 0.15) is 12.8 Å². The molecule has 2 fully saturated rings. The van der Waals surface area contributed by atoms with E-state index in [-0.39, 0.29) is 35.4 Å². The molecule has 0 aromatic heterocycles. The molecule has 2 aromatic carbocycles. The third-order valence-electron chi connectivity index (χ3n) is 6.31. The Kier molecular flexibility index (Phi) is 8.80. The second kappa shape index (κ2) is 11.9. The number of carbonyl (C=O) groups is 1. The van der Waals surface area contributed by atoms with Crippen molar-refractivity contribution in [2.45, 2.75) is 22.6 Å². The SMILES string of the molecule is O=C(NCCOc1ccc(S(=O)(=O)N2CCOCC2)cc1)[C@H]1CCCN(S(=O)(=O)c2ccc(F)cc2)C1. The van der Waals surface area contributed by atoms with Gasteiger partial charge in [0.15, 0.2) is 0 Å². The Bertz CT molecular complexity index is 1280. The van der Waals surface area contributed by atoms with Crippen LogP contribution < -0.4 is 10.1 Å². The third-order valence-corrected chi connectivity index (χ3v) is 10.1. The van der Waals surface area contributed by atoms with Gasteiger partial charge in [-0.05, 0) is 61.4 Å². The number of benzene rings is 2. The van der Waals surface area contributed by atoms with E-state index in [1.54, 1.807) is 12.1 Å². The summed E-state index contributed by atoms with van der Waals surface area (Å²) in [5.41, 5.74) is 0. The molecular formula is C24H30FN3O7S2. The lowest BCUT2D eigenvalue weighted by molar-refractivity contribution is -0.126. The van der Waals surface area contributed by atoms with Crippen LogP contribution in [0, 0.1) is 11.7 Å². The molecule has 2 heterocycles. The number of hydrogen-bond acceptors (Lipinski definition) is 7. The molecule has 0 spiro atoms. The molecule has 0 unspecified atom stereocenters. The number of nitrogens with zero attached hydrogens (tertiary/aromatic N) is 2. The van der Waals surface area contributed by atoms with Crippen molar-refractivity contribution in [3.8, 4) is 5.75 Å². The fraction of sp³-hybridized carbons (Fsp3) is 0.458. The van der Waals surface area contributed by atoms with E-state index in [9.17, 15) is 26.0 Å². The molecule has 10 nitrogen and oxygen atoms in total. The van der Waals surface area contributed by atoms with E-state index in [1.807, 2.05) is 0 Å². The first-order valence-electron chi connectivity index (χ1n) is 12.0. The molecule has 0 bridgehead atoms. The van der Waals surface area contributed by atoms with Crippen LogP contribution in [-0.2, 0) is 29.6 Å². The summed E-state index contributed by atoms with van der Waals surface area (Å²) in [5, 5.41) is 2.77. The summed E-state index contributed by atoms with van der Waals surface area (Å²) in [6, 6.07) is 10.7. The van der Waals surface area contributed by atoms with Crippen molar-refractivity contribution in [2.75, 3.05) is 52.5 Å². The van der Waals surface area contributed by atoms with Crippen molar-refractivity contribution in [3.05, 3.63) is 54.3 Å². The zero-order valence-electron chi connectivity index (χ0n) is 20.2. The summed E-state index contributed by atoms with van der Waals surface area (Å²) < 4.78 is 77.8. The Labute approximate surface area is 216 Å². The average molecular weight is 556 g/mol. The zero-order chi connectivity index (χ0) is 26.5. The minimum atomic E-state index is -3.82. The largest absolute Gasteiger partial charge is 0.492 e. The van der Waals surface area contributed by atoms with Crippen molar-refractivity contribution in [1.29, 1.82) is 0 Å². The van der Waals surface area contributed by atoms with Gasteiger partial charge in [0.05, 0.1) is 35.5 Å². The fourth-order valence-corrected chi connectivity index (χ4v) is 7.19. The van der Waals surface area contributed by atoms with Crippen LogP contribution in [0.15, 0.2) is 58.3 Å². The smallest absolute Gasteiger partial charge is 0.243 e.